The molecule has 1 heterocycles. The molecule has 1 amide bonds. The lowest BCUT2D eigenvalue weighted by molar-refractivity contribution is -0.120. The molecule has 2 aromatic rings. The Morgan fingerprint density at radius 2 is 1.96 bits per heavy atom. The van der Waals surface area contributed by atoms with Crippen LogP contribution in [0.4, 0.5) is 0 Å². The Hall–Kier alpha value is -2.40. The van der Waals surface area contributed by atoms with Crippen LogP contribution in [0, 0.1) is 18.3 Å². The number of thioether (sulfide) groups is 1. The van der Waals surface area contributed by atoms with E-state index in [-0.39, 0.29) is 11.7 Å². The Morgan fingerprint density at radius 1 is 1.27 bits per heavy atom. The number of hydrogen-bond donors (Lipinski definition) is 1. The number of tetrazole rings is 1. The molecule has 1 N–H and O–H groups in total. The number of nitriles is 1. The van der Waals surface area contributed by atoms with Gasteiger partial charge < -0.3 is 5.32 Å². The van der Waals surface area contributed by atoms with Crippen LogP contribution in [0.2, 0.25) is 0 Å². The van der Waals surface area contributed by atoms with Gasteiger partial charge in [-0.25, -0.2) is 0 Å². The van der Waals surface area contributed by atoms with Gasteiger partial charge in [-0.05, 0) is 42.3 Å². The minimum atomic E-state index is -0.725. The fourth-order valence-corrected chi connectivity index (χ4v) is 3.84. The fourth-order valence-electron chi connectivity index (χ4n) is 3.15. The lowest BCUT2D eigenvalue weighted by Gasteiger charge is -2.26. The molecule has 1 saturated carbocycles. The molecule has 0 bridgehead atoms. The third-order valence-corrected chi connectivity index (χ3v) is 5.52. The van der Waals surface area contributed by atoms with E-state index < -0.39 is 5.54 Å². The summed E-state index contributed by atoms with van der Waals surface area (Å²) in [7, 11) is 0. The fraction of sp³-hybridized carbons (Fsp3) is 0.500. The number of rotatable bonds is 5. The summed E-state index contributed by atoms with van der Waals surface area (Å²) in [5.41, 5.74) is 1.28. The van der Waals surface area contributed by atoms with Gasteiger partial charge in [0, 0.05) is 0 Å². The molecular weight excluding hydrogens is 348 g/mol. The summed E-state index contributed by atoms with van der Waals surface area (Å²) in [5, 5.41) is 24.8. The lowest BCUT2D eigenvalue weighted by Crippen LogP contribution is -2.47. The Bertz CT molecular complexity index is 787. The second kappa shape index (κ2) is 8.32. The van der Waals surface area contributed by atoms with Crippen LogP contribution < -0.4 is 5.32 Å². The zero-order chi connectivity index (χ0) is 18.4. The maximum Gasteiger partial charge on any atom is 0.231 e. The number of carbonyl (C=O) groups is 1. The summed E-state index contributed by atoms with van der Waals surface area (Å²) < 4.78 is 1.61. The summed E-state index contributed by atoms with van der Waals surface area (Å²) in [4.78, 5) is 12.4. The number of aromatic nitrogens is 4. The van der Waals surface area contributed by atoms with Crippen molar-refractivity contribution >= 4 is 17.7 Å². The van der Waals surface area contributed by atoms with Gasteiger partial charge in [-0.1, -0.05) is 55.1 Å². The first kappa shape index (κ1) is 18.4. The summed E-state index contributed by atoms with van der Waals surface area (Å²) in [6, 6.07) is 10.2. The number of nitrogens with zero attached hydrogens (tertiary/aromatic N) is 5. The van der Waals surface area contributed by atoms with Crippen LogP contribution in [0.1, 0.15) is 44.1 Å². The maximum absolute atomic E-state index is 12.4. The van der Waals surface area contributed by atoms with Crippen molar-refractivity contribution in [2.45, 2.75) is 56.1 Å². The van der Waals surface area contributed by atoms with E-state index in [1.807, 2.05) is 31.2 Å². The number of amides is 1. The van der Waals surface area contributed by atoms with E-state index in [2.05, 4.69) is 26.9 Å². The monoisotopic (exact) mass is 370 g/mol. The van der Waals surface area contributed by atoms with Crippen LogP contribution in [-0.4, -0.2) is 37.4 Å². The van der Waals surface area contributed by atoms with Gasteiger partial charge in [0.25, 0.3) is 0 Å². The molecule has 7 nitrogen and oxygen atoms in total. The molecule has 0 atom stereocenters. The highest BCUT2D eigenvalue weighted by atomic mass is 32.2. The first-order chi connectivity index (χ1) is 12.6. The highest BCUT2D eigenvalue weighted by Crippen LogP contribution is 2.27. The first-order valence-electron chi connectivity index (χ1n) is 8.82. The largest absolute Gasteiger partial charge is 0.337 e. The van der Waals surface area contributed by atoms with E-state index in [4.69, 9.17) is 0 Å². The van der Waals surface area contributed by atoms with Crippen molar-refractivity contribution in [3.05, 3.63) is 29.8 Å². The van der Waals surface area contributed by atoms with E-state index in [1.54, 1.807) is 4.68 Å². The molecule has 0 unspecified atom stereocenters. The van der Waals surface area contributed by atoms with Gasteiger partial charge >= 0.3 is 0 Å². The molecule has 0 saturated heterocycles. The molecular formula is C18H22N6OS. The molecule has 0 aliphatic heterocycles. The van der Waals surface area contributed by atoms with Gasteiger partial charge in [-0.3, -0.25) is 4.79 Å². The predicted molar refractivity (Wildman–Crippen MR) is 98.8 cm³/mol. The zero-order valence-electron chi connectivity index (χ0n) is 14.8. The predicted octanol–water partition coefficient (Wildman–Crippen LogP) is 2.80. The molecule has 0 radical (unpaired) electrons. The van der Waals surface area contributed by atoms with Gasteiger partial charge in [-0.15, -0.1) is 5.10 Å². The second-order valence-corrected chi connectivity index (χ2v) is 7.60. The SMILES string of the molecule is Cc1ccc(-n2nnnc2SCC(=O)NC2(C#N)CCCCCC2)cc1. The van der Waals surface area contributed by atoms with E-state index in [9.17, 15) is 10.1 Å². The van der Waals surface area contributed by atoms with Crippen molar-refractivity contribution in [3.63, 3.8) is 0 Å². The van der Waals surface area contributed by atoms with Crippen molar-refractivity contribution in [1.29, 1.82) is 5.26 Å². The molecule has 1 aliphatic rings. The molecule has 3 rings (SSSR count). The number of hydrogen-bond acceptors (Lipinski definition) is 6. The normalized spacial score (nSPS) is 16.5. The number of carbonyl (C=O) groups excluding carboxylic acids is 1. The van der Waals surface area contributed by atoms with Gasteiger partial charge in [0.2, 0.25) is 11.1 Å². The first-order valence-corrected chi connectivity index (χ1v) is 9.81. The Morgan fingerprint density at radius 3 is 2.62 bits per heavy atom. The van der Waals surface area contributed by atoms with Crippen molar-refractivity contribution in [2.75, 3.05) is 5.75 Å². The van der Waals surface area contributed by atoms with Crippen molar-refractivity contribution in [2.24, 2.45) is 0 Å². The molecule has 1 aromatic carbocycles. The third-order valence-electron chi connectivity index (χ3n) is 4.60. The molecule has 1 aliphatic carbocycles. The van der Waals surface area contributed by atoms with Crippen LogP contribution in [0.3, 0.4) is 0 Å². The smallest absolute Gasteiger partial charge is 0.231 e. The Balaban J connectivity index is 1.62. The van der Waals surface area contributed by atoms with Crippen LogP contribution in [0.5, 0.6) is 0 Å². The second-order valence-electron chi connectivity index (χ2n) is 6.65. The van der Waals surface area contributed by atoms with Crippen LogP contribution in [0.25, 0.3) is 5.69 Å². The van der Waals surface area contributed by atoms with Crippen molar-refractivity contribution in [1.82, 2.24) is 25.5 Å². The van der Waals surface area contributed by atoms with Crippen LogP contribution in [0.15, 0.2) is 29.4 Å². The van der Waals surface area contributed by atoms with Gasteiger partial charge in [0.05, 0.1) is 17.5 Å². The van der Waals surface area contributed by atoms with Crippen LogP contribution >= 0.6 is 11.8 Å². The highest BCUT2D eigenvalue weighted by molar-refractivity contribution is 7.99. The molecule has 26 heavy (non-hydrogen) atoms. The van der Waals surface area contributed by atoms with Crippen LogP contribution in [-0.2, 0) is 4.79 Å². The molecule has 1 aromatic heterocycles. The Labute approximate surface area is 157 Å². The molecule has 1 fully saturated rings. The minimum Gasteiger partial charge on any atom is -0.337 e. The standard InChI is InChI=1S/C18H22N6OS/c1-14-6-8-15(9-7-14)24-17(21-22-23-24)26-12-16(25)20-18(13-19)10-4-2-3-5-11-18/h6-9H,2-5,10-12H2,1H3,(H,20,25). The van der Waals surface area contributed by atoms with E-state index in [0.29, 0.717) is 5.16 Å². The van der Waals surface area contributed by atoms with Gasteiger partial charge in [0.15, 0.2) is 0 Å². The van der Waals surface area contributed by atoms with Gasteiger partial charge in [-0.2, -0.15) is 9.94 Å². The highest BCUT2D eigenvalue weighted by Gasteiger charge is 2.32. The zero-order valence-corrected chi connectivity index (χ0v) is 15.6. The summed E-state index contributed by atoms with van der Waals surface area (Å²) >= 11 is 1.27. The summed E-state index contributed by atoms with van der Waals surface area (Å²) in [6.45, 7) is 2.02. The van der Waals surface area contributed by atoms with E-state index >= 15 is 0 Å². The van der Waals surface area contributed by atoms with E-state index in [0.717, 1.165) is 49.8 Å². The van der Waals surface area contributed by atoms with E-state index in [1.165, 1.54) is 11.8 Å². The molecule has 0 spiro atoms. The summed E-state index contributed by atoms with van der Waals surface area (Å²) in [6.07, 6.45) is 5.65. The average Bonchev–Trinajstić information content (AvgIpc) is 2.99. The summed E-state index contributed by atoms with van der Waals surface area (Å²) in [5.74, 6) is 0.0206. The number of nitrogens with one attached hydrogen (secondary N) is 1. The quantitative estimate of drug-likeness (QED) is 0.642. The Kier molecular flexibility index (Phi) is 5.89. The van der Waals surface area contributed by atoms with Gasteiger partial charge in [0.1, 0.15) is 5.54 Å². The van der Waals surface area contributed by atoms with Crippen molar-refractivity contribution < 1.29 is 4.79 Å². The number of aryl methyl sites for hydroxylation is 1. The lowest BCUT2D eigenvalue weighted by atomic mass is 9.92. The molecule has 8 heteroatoms. The van der Waals surface area contributed by atoms with Crippen molar-refractivity contribution in [3.8, 4) is 11.8 Å². The number of benzene rings is 1. The topological polar surface area (TPSA) is 96.5 Å². The third kappa shape index (κ3) is 4.41. The minimum absolute atomic E-state index is 0.156. The average molecular weight is 370 g/mol. The molecule has 136 valence electrons. The maximum atomic E-state index is 12.4.